The summed E-state index contributed by atoms with van der Waals surface area (Å²) in [6, 6.07) is 14.1. The quantitative estimate of drug-likeness (QED) is 0.421. The number of carbonyl (C=O) groups excluding carboxylic acids is 1. The van der Waals surface area contributed by atoms with Crippen LogP contribution in [-0.4, -0.2) is 50.8 Å². The number of carboxylic acids is 1. The van der Waals surface area contributed by atoms with Crippen molar-refractivity contribution in [1.29, 1.82) is 0 Å². The standard InChI is InChI=1S/C24H30N2O4S.C2HF3O2/c1-2-4-18-6-12-22(13-7-18)31(28,29)26-20-10-8-19(9-11-20)24(14-15-24)23(27)25-17-21-5-3-16-30-21;3-2(4,5)1(6)7/h6-13,21,26H,2-5,14-17H2,1H3,(H,25,27);(H,6,7). The molecule has 2 aliphatic rings. The molecule has 208 valence electrons. The van der Waals surface area contributed by atoms with Gasteiger partial charge in [0.1, 0.15) is 0 Å². The molecule has 12 heteroatoms. The van der Waals surface area contributed by atoms with Gasteiger partial charge in [-0.05, 0) is 67.5 Å². The number of anilines is 1. The first-order valence-electron chi connectivity index (χ1n) is 12.3. The lowest BCUT2D eigenvalue weighted by Crippen LogP contribution is -2.39. The Labute approximate surface area is 219 Å². The Bertz CT molecular complexity index is 1210. The lowest BCUT2D eigenvalue weighted by molar-refractivity contribution is -0.192. The lowest BCUT2D eigenvalue weighted by atomic mass is 9.94. The largest absolute Gasteiger partial charge is 0.490 e. The highest BCUT2D eigenvalue weighted by Crippen LogP contribution is 2.48. The normalized spacial score (nSPS) is 18.2. The topological polar surface area (TPSA) is 122 Å². The summed E-state index contributed by atoms with van der Waals surface area (Å²) in [5.41, 5.74) is 2.03. The number of nitrogens with one attached hydrogen (secondary N) is 2. The van der Waals surface area contributed by atoms with Crippen LogP contribution in [0.3, 0.4) is 0 Å². The molecule has 1 amide bonds. The van der Waals surface area contributed by atoms with Gasteiger partial charge in [0.2, 0.25) is 5.91 Å². The fraction of sp³-hybridized carbons (Fsp3) is 0.462. The molecule has 2 aromatic carbocycles. The van der Waals surface area contributed by atoms with E-state index < -0.39 is 27.6 Å². The van der Waals surface area contributed by atoms with Crippen molar-refractivity contribution in [3.63, 3.8) is 0 Å². The number of carboxylic acid groups (broad SMARTS) is 1. The second-order valence-corrected chi connectivity index (χ2v) is 11.0. The van der Waals surface area contributed by atoms with Crippen molar-refractivity contribution in [2.75, 3.05) is 17.9 Å². The molecule has 1 atom stereocenters. The lowest BCUT2D eigenvalue weighted by Gasteiger charge is -2.18. The maximum absolute atomic E-state index is 12.8. The van der Waals surface area contributed by atoms with Crippen molar-refractivity contribution in [1.82, 2.24) is 5.32 Å². The zero-order chi connectivity index (χ0) is 28.0. The minimum absolute atomic E-state index is 0.0310. The number of benzene rings is 2. The maximum atomic E-state index is 12.8. The molecule has 2 aromatic rings. The van der Waals surface area contributed by atoms with Gasteiger partial charge in [0, 0.05) is 18.8 Å². The molecular weight excluding hydrogens is 525 g/mol. The molecule has 2 fully saturated rings. The van der Waals surface area contributed by atoms with E-state index in [9.17, 15) is 26.4 Å². The summed E-state index contributed by atoms with van der Waals surface area (Å²) in [5, 5.41) is 10.2. The number of rotatable bonds is 9. The molecular formula is C26H31F3N2O6S. The molecule has 3 N–H and O–H groups in total. The highest BCUT2D eigenvalue weighted by molar-refractivity contribution is 7.92. The molecule has 0 bridgehead atoms. The zero-order valence-corrected chi connectivity index (χ0v) is 21.7. The Balaban J connectivity index is 0.000000505. The highest BCUT2D eigenvalue weighted by Gasteiger charge is 2.51. The van der Waals surface area contributed by atoms with Crippen molar-refractivity contribution < 1.29 is 41.0 Å². The molecule has 1 unspecified atom stereocenters. The molecule has 8 nitrogen and oxygen atoms in total. The number of hydrogen-bond acceptors (Lipinski definition) is 5. The molecule has 4 rings (SSSR count). The van der Waals surface area contributed by atoms with Crippen LogP contribution in [0.15, 0.2) is 53.4 Å². The highest BCUT2D eigenvalue weighted by atomic mass is 32.2. The molecule has 0 spiro atoms. The van der Waals surface area contributed by atoms with Gasteiger partial charge < -0.3 is 15.2 Å². The molecule has 1 aliphatic heterocycles. The van der Waals surface area contributed by atoms with Crippen LogP contribution in [0.2, 0.25) is 0 Å². The average molecular weight is 557 g/mol. The van der Waals surface area contributed by atoms with Crippen LogP contribution in [0, 0.1) is 0 Å². The van der Waals surface area contributed by atoms with Gasteiger partial charge in [0.15, 0.2) is 0 Å². The minimum Gasteiger partial charge on any atom is -0.475 e. The van der Waals surface area contributed by atoms with E-state index in [1.807, 2.05) is 24.3 Å². The summed E-state index contributed by atoms with van der Waals surface area (Å²) in [6.07, 6.45) is 0.629. The first kappa shape index (κ1) is 29.4. The number of sulfonamides is 1. The van der Waals surface area contributed by atoms with Gasteiger partial charge in [-0.1, -0.05) is 37.6 Å². The Kier molecular flexibility index (Phi) is 9.42. The fourth-order valence-electron chi connectivity index (χ4n) is 4.15. The van der Waals surface area contributed by atoms with Crippen LogP contribution < -0.4 is 10.0 Å². The first-order valence-corrected chi connectivity index (χ1v) is 13.8. The predicted molar refractivity (Wildman–Crippen MR) is 134 cm³/mol. The van der Waals surface area contributed by atoms with E-state index >= 15 is 0 Å². The predicted octanol–water partition coefficient (Wildman–Crippen LogP) is 4.40. The monoisotopic (exact) mass is 556 g/mol. The van der Waals surface area contributed by atoms with Crippen LogP contribution in [0.5, 0.6) is 0 Å². The van der Waals surface area contributed by atoms with Gasteiger partial charge in [-0.15, -0.1) is 0 Å². The third-order valence-electron chi connectivity index (χ3n) is 6.40. The van der Waals surface area contributed by atoms with Crippen molar-refractivity contribution in [3.8, 4) is 0 Å². The van der Waals surface area contributed by atoms with E-state index in [1.165, 1.54) is 0 Å². The van der Waals surface area contributed by atoms with E-state index in [4.69, 9.17) is 14.6 Å². The molecule has 1 saturated heterocycles. The Morgan fingerprint density at radius 2 is 1.68 bits per heavy atom. The first-order chi connectivity index (χ1) is 17.9. The van der Waals surface area contributed by atoms with Crippen molar-refractivity contribution in [2.24, 2.45) is 0 Å². The molecule has 0 aromatic heterocycles. The number of halogens is 3. The number of carbonyl (C=O) groups is 2. The molecule has 1 aliphatic carbocycles. The number of amides is 1. The summed E-state index contributed by atoms with van der Waals surface area (Å²) in [4.78, 5) is 21.9. The Morgan fingerprint density at radius 1 is 1.08 bits per heavy atom. The average Bonchev–Trinajstić information content (AvgIpc) is 3.51. The summed E-state index contributed by atoms with van der Waals surface area (Å²) in [6.45, 7) is 3.41. The second kappa shape index (κ2) is 12.2. The summed E-state index contributed by atoms with van der Waals surface area (Å²) in [7, 11) is -3.66. The van der Waals surface area contributed by atoms with E-state index in [0.717, 1.165) is 56.3 Å². The number of aryl methyl sites for hydroxylation is 1. The molecule has 0 radical (unpaired) electrons. The minimum atomic E-state index is -5.08. The summed E-state index contributed by atoms with van der Waals surface area (Å²) < 4.78 is 65.3. The second-order valence-electron chi connectivity index (χ2n) is 9.31. The maximum Gasteiger partial charge on any atom is 0.490 e. The molecule has 38 heavy (non-hydrogen) atoms. The Hall–Kier alpha value is -3.12. The molecule has 1 heterocycles. The molecule has 1 saturated carbocycles. The van der Waals surface area contributed by atoms with Crippen molar-refractivity contribution in [3.05, 3.63) is 59.7 Å². The van der Waals surface area contributed by atoms with E-state index in [-0.39, 0.29) is 16.9 Å². The van der Waals surface area contributed by atoms with Gasteiger partial charge >= 0.3 is 12.1 Å². The van der Waals surface area contributed by atoms with Gasteiger partial charge in [0.25, 0.3) is 10.0 Å². The summed E-state index contributed by atoms with van der Waals surface area (Å²) in [5.74, 6) is -2.73. The van der Waals surface area contributed by atoms with Crippen LogP contribution in [0.1, 0.15) is 50.2 Å². The fourth-order valence-corrected chi connectivity index (χ4v) is 5.21. The Morgan fingerprint density at radius 3 is 2.16 bits per heavy atom. The van der Waals surface area contributed by atoms with Gasteiger partial charge in [-0.3, -0.25) is 9.52 Å². The smallest absolute Gasteiger partial charge is 0.475 e. The van der Waals surface area contributed by atoms with Crippen molar-refractivity contribution >= 4 is 27.6 Å². The zero-order valence-electron chi connectivity index (χ0n) is 20.9. The van der Waals surface area contributed by atoms with Gasteiger partial charge in [-0.2, -0.15) is 13.2 Å². The third kappa shape index (κ3) is 7.70. The number of aliphatic carboxylic acids is 1. The van der Waals surface area contributed by atoms with Crippen molar-refractivity contribution in [2.45, 2.75) is 68.0 Å². The van der Waals surface area contributed by atoms with E-state index in [1.54, 1.807) is 24.3 Å². The SMILES string of the molecule is CCCc1ccc(S(=O)(=O)Nc2ccc(C3(C(=O)NCC4CCCO4)CC3)cc2)cc1.O=C(O)C(F)(F)F. The van der Waals surface area contributed by atoms with Gasteiger partial charge in [-0.25, -0.2) is 13.2 Å². The van der Waals surface area contributed by atoms with E-state index in [2.05, 4.69) is 17.0 Å². The van der Waals surface area contributed by atoms with Crippen LogP contribution in [-0.2, 0) is 36.2 Å². The van der Waals surface area contributed by atoms with E-state index in [0.29, 0.717) is 12.2 Å². The number of alkyl halides is 3. The third-order valence-corrected chi connectivity index (χ3v) is 7.80. The van der Waals surface area contributed by atoms with Crippen LogP contribution >= 0.6 is 0 Å². The number of ether oxygens (including phenoxy) is 1. The number of hydrogen-bond donors (Lipinski definition) is 3. The van der Waals surface area contributed by atoms with Gasteiger partial charge in [0.05, 0.1) is 16.4 Å². The summed E-state index contributed by atoms with van der Waals surface area (Å²) >= 11 is 0. The van der Waals surface area contributed by atoms with Crippen LogP contribution in [0.4, 0.5) is 18.9 Å². The van der Waals surface area contributed by atoms with Crippen LogP contribution in [0.25, 0.3) is 0 Å².